The molecule has 1 spiro atoms. The summed E-state index contributed by atoms with van der Waals surface area (Å²) in [6, 6.07) is 0. The molecule has 0 bridgehead atoms. The second-order valence-electron chi connectivity index (χ2n) is 3.77. The molecule has 1 unspecified atom stereocenters. The smallest absolute Gasteiger partial charge is 0.410 e. The Morgan fingerprint density at radius 1 is 1.54 bits per heavy atom. The maximum absolute atomic E-state index is 11.4. The molecule has 1 heterocycles. The van der Waals surface area contributed by atoms with Gasteiger partial charge in [0, 0.05) is 6.54 Å². The highest BCUT2D eigenvalue weighted by Gasteiger charge is 2.43. The van der Waals surface area contributed by atoms with E-state index in [-0.39, 0.29) is 11.6 Å². The van der Waals surface area contributed by atoms with Crippen molar-refractivity contribution in [3.63, 3.8) is 0 Å². The molecule has 0 saturated carbocycles. The molecule has 3 nitrogen and oxygen atoms in total. The Labute approximate surface area is 78.4 Å². The van der Waals surface area contributed by atoms with Crippen molar-refractivity contribution in [3.8, 4) is 0 Å². The molecule has 72 valence electrons. The summed E-state index contributed by atoms with van der Waals surface area (Å²) in [5, 5.41) is 0. The largest absolute Gasteiger partial charge is 0.453 e. The van der Waals surface area contributed by atoms with Gasteiger partial charge in [0.15, 0.2) is 0 Å². The third-order valence-electron chi connectivity index (χ3n) is 3.10. The number of likely N-dealkylation sites (tertiary alicyclic amines) is 1. The van der Waals surface area contributed by atoms with Gasteiger partial charge in [-0.3, -0.25) is 4.90 Å². The third-order valence-corrected chi connectivity index (χ3v) is 3.10. The van der Waals surface area contributed by atoms with Gasteiger partial charge in [-0.1, -0.05) is 12.2 Å². The maximum Gasteiger partial charge on any atom is 0.410 e. The van der Waals surface area contributed by atoms with Gasteiger partial charge in [0.25, 0.3) is 0 Å². The summed E-state index contributed by atoms with van der Waals surface area (Å²) < 4.78 is 4.77. The lowest BCUT2D eigenvalue weighted by molar-refractivity contribution is 0.101. The minimum absolute atomic E-state index is 0.00704. The fourth-order valence-corrected chi connectivity index (χ4v) is 2.44. The van der Waals surface area contributed by atoms with E-state index in [0.717, 1.165) is 32.2 Å². The lowest BCUT2D eigenvalue weighted by atomic mass is 9.96. The maximum atomic E-state index is 11.4. The highest BCUT2D eigenvalue weighted by Crippen LogP contribution is 2.38. The van der Waals surface area contributed by atoms with Crippen LogP contribution in [0.3, 0.4) is 0 Å². The van der Waals surface area contributed by atoms with Gasteiger partial charge in [0.05, 0.1) is 12.6 Å². The van der Waals surface area contributed by atoms with E-state index in [0.29, 0.717) is 0 Å². The zero-order valence-corrected chi connectivity index (χ0v) is 7.95. The van der Waals surface area contributed by atoms with Crippen molar-refractivity contribution in [2.45, 2.75) is 31.2 Å². The first-order chi connectivity index (χ1) is 6.28. The van der Waals surface area contributed by atoms with E-state index >= 15 is 0 Å². The summed E-state index contributed by atoms with van der Waals surface area (Å²) in [4.78, 5) is 13.3. The number of allylic oxidation sites excluding steroid dienone is 1. The predicted molar refractivity (Wildman–Crippen MR) is 49.5 cm³/mol. The van der Waals surface area contributed by atoms with Gasteiger partial charge >= 0.3 is 6.09 Å². The molecular formula is C10H15NO2. The number of carbonyl (C=O) groups is 1. The molecular weight excluding hydrogens is 166 g/mol. The van der Waals surface area contributed by atoms with Gasteiger partial charge in [-0.05, 0) is 25.7 Å². The monoisotopic (exact) mass is 181 g/mol. The van der Waals surface area contributed by atoms with Crippen molar-refractivity contribution in [2.24, 2.45) is 0 Å². The van der Waals surface area contributed by atoms with E-state index in [1.165, 1.54) is 7.11 Å². The number of methoxy groups -OCH3 is 1. The molecule has 2 rings (SSSR count). The van der Waals surface area contributed by atoms with Crippen LogP contribution in [0.4, 0.5) is 4.79 Å². The summed E-state index contributed by atoms with van der Waals surface area (Å²) in [5.74, 6) is 0. The SMILES string of the molecule is COC(=O)N1CCCC12C=CCC2. The third kappa shape index (κ3) is 1.23. The van der Waals surface area contributed by atoms with E-state index < -0.39 is 0 Å². The lowest BCUT2D eigenvalue weighted by Gasteiger charge is -2.32. The highest BCUT2D eigenvalue weighted by molar-refractivity contribution is 5.69. The van der Waals surface area contributed by atoms with Gasteiger partial charge in [-0.25, -0.2) is 4.79 Å². The standard InChI is InChI=1S/C10H15NO2/c1-13-9(12)11-8-4-7-10(11)5-2-3-6-10/h2,5H,3-4,6-8H2,1H3. The number of hydrogen-bond donors (Lipinski definition) is 0. The normalized spacial score (nSPS) is 31.6. The Hall–Kier alpha value is -0.990. The van der Waals surface area contributed by atoms with Crippen molar-refractivity contribution < 1.29 is 9.53 Å². The first kappa shape index (κ1) is 8.60. The molecule has 0 radical (unpaired) electrons. The van der Waals surface area contributed by atoms with Crippen LogP contribution in [-0.4, -0.2) is 30.2 Å². The Bertz CT molecular complexity index is 249. The van der Waals surface area contributed by atoms with Gasteiger partial charge < -0.3 is 4.74 Å². The Morgan fingerprint density at radius 3 is 3.00 bits per heavy atom. The summed E-state index contributed by atoms with van der Waals surface area (Å²) >= 11 is 0. The van der Waals surface area contributed by atoms with Crippen LogP contribution in [0.15, 0.2) is 12.2 Å². The highest BCUT2D eigenvalue weighted by atomic mass is 16.5. The minimum Gasteiger partial charge on any atom is -0.453 e. The molecule has 1 aliphatic heterocycles. The topological polar surface area (TPSA) is 29.5 Å². The summed E-state index contributed by atoms with van der Waals surface area (Å²) in [6.07, 6.45) is 8.52. The van der Waals surface area contributed by atoms with Crippen LogP contribution in [0.5, 0.6) is 0 Å². The van der Waals surface area contributed by atoms with Crippen LogP contribution in [-0.2, 0) is 4.74 Å². The molecule has 1 saturated heterocycles. The van der Waals surface area contributed by atoms with Crippen LogP contribution in [0.25, 0.3) is 0 Å². The number of amides is 1. The second-order valence-corrected chi connectivity index (χ2v) is 3.77. The van der Waals surface area contributed by atoms with Gasteiger partial charge in [-0.15, -0.1) is 0 Å². The van der Waals surface area contributed by atoms with Gasteiger partial charge in [0.2, 0.25) is 0 Å². The molecule has 0 aromatic heterocycles. The van der Waals surface area contributed by atoms with Gasteiger partial charge in [0.1, 0.15) is 0 Å². The van der Waals surface area contributed by atoms with E-state index in [9.17, 15) is 4.79 Å². The molecule has 2 aliphatic rings. The number of rotatable bonds is 0. The quantitative estimate of drug-likeness (QED) is 0.534. The van der Waals surface area contributed by atoms with Crippen LogP contribution in [0, 0.1) is 0 Å². The number of nitrogens with zero attached hydrogens (tertiary/aromatic N) is 1. The number of carbonyl (C=O) groups excluding carboxylic acids is 1. The number of ether oxygens (including phenoxy) is 1. The molecule has 3 heteroatoms. The molecule has 0 aromatic carbocycles. The minimum atomic E-state index is -0.177. The number of hydrogen-bond acceptors (Lipinski definition) is 2. The zero-order chi connectivity index (χ0) is 9.31. The van der Waals surface area contributed by atoms with Crippen molar-refractivity contribution in [3.05, 3.63) is 12.2 Å². The zero-order valence-electron chi connectivity index (χ0n) is 7.95. The summed E-state index contributed by atoms with van der Waals surface area (Å²) in [5.41, 5.74) is 0.00704. The van der Waals surface area contributed by atoms with Crippen molar-refractivity contribution in [1.29, 1.82) is 0 Å². The molecule has 0 aromatic rings. The van der Waals surface area contributed by atoms with Crippen LogP contribution in [0.1, 0.15) is 25.7 Å². The molecule has 1 atom stereocenters. The average Bonchev–Trinajstić information content (AvgIpc) is 2.76. The van der Waals surface area contributed by atoms with Crippen molar-refractivity contribution in [2.75, 3.05) is 13.7 Å². The first-order valence-corrected chi connectivity index (χ1v) is 4.82. The second kappa shape index (κ2) is 3.05. The van der Waals surface area contributed by atoms with Crippen LogP contribution in [0.2, 0.25) is 0 Å². The predicted octanol–water partition coefficient (Wildman–Crippen LogP) is 1.94. The van der Waals surface area contributed by atoms with Crippen LogP contribution < -0.4 is 0 Å². The summed E-state index contributed by atoms with van der Waals surface area (Å²) in [7, 11) is 1.45. The molecule has 1 fully saturated rings. The lowest BCUT2D eigenvalue weighted by Crippen LogP contribution is -2.44. The fraction of sp³-hybridized carbons (Fsp3) is 0.700. The first-order valence-electron chi connectivity index (χ1n) is 4.82. The van der Waals surface area contributed by atoms with E-state index in [2.05, 4.69) is 12.2 Å². The fourth-order valence-electron chi connectivity index (χ4n) is 2.44. The summed E-state index contributed by atoms with van der Waals surface area (Å²) in [6.45, 7) is 0.844. The Balaban J connectivity index is 2.18. The van der Waals surface area contributed by atoms with Gasteiger partial charge in [-0.2, -0.15) is 0 Å². The van der Waals surface area contributed by atoms with E-state index in [1.807, 2.05) is 4.90 Å². The van der Waals surface area contributed by atoms with Crippen LogP contribution >= 0.6 is 0 Å². The van der Waals surface area contributed by atoms with E-state index in [1.54, 1.807) is 0 Å². The average molecular weight is 181 g/mol. The molecule has 1 amide bonds. The Kier molecular flexibility index (Phi) is 2.02. The van der Waals surface area contributed by atoms with Crippen molar-refractivity contribution in [1.82, 2.24) is 4.90 Å². The van der Waals surface area contributed by atoms with Crippen molar-refractivity contribution >= 4 is 6.09 Å². The molecule has 1 aliphatic carbocycles. The Morgan fingerprint density at radius 2 is 2.38 bits per heavy atom. The molecule has 13 heavy (non-hydrogen) atoms. The molecule has 0 N–H and O–H groups in total. The van der Waals surface area contributed by atoms with E-state index in [4.69, 9.17) is 4.74 Å².